The summed E-state index contributed by atoms with van der Waals surface area (Å²) in [6.45, 7) is 5.14. The molecule has 0 radical (unpaired) electrons. The normalized spacial score (nSPS) is 16.3. The summed E-state index contributed by atoms with van der Waals surface area (Å²) in [6, 6.07) is 4.65. The Labute approximate surface area is 150 Å². The number of hydrogen-bond acceptors (Lipinski definition) is 4. The summed E-state index contributed by atoms with van der Waals surface area (Å²) in [4.78, 5) is 24.0. The maximum absolute atomic E-state index is 13.8. The Morgan fingerprint density at radius 3 is 2.62 bits per heavy atom. The summed E-state index contributed by atoms with van der Waals surface area (Å²) in [5, 5.41) is 2.79. The fourth-order valence-electron chi connectivity index (χ4n) is 3.10. The summed E-state index contributed by atoms with van der Waals surface area (Å²) in [7, 11) is 0. The summed E-state index contributed by atoms with van der Waals surface area (Å²) in [6.07, 6.45) is 3.43. The van der Waals surface area contributed by atoms with E-state index < -0.39 is 17.7 Å². The molecule has 2 aromatic rings. The molecule has 2 heterocycles. The molecule has 1 aromatic heterocycles. The van der Waals surface area contributed by atoms with Crippen molar-refractivity contribution in [1.82, 2.24) is 15.3 Å². The van der Waals surface area contributed by atoms with E-state index in [1.54, 1.807) is 25.4 Å². The largest absolute Gasteiger partial charge is 0.345 e. The van der Waals surface area contributed by atoms with Crippen molar-refractivity contribution in [3.05, 3.63) is 53.9 Å². The molecule has 8 heteroatoms. The molecule has 1 aliphatic rings. The molecule has 0 unspecified atom stereocenters. The zero-order valence-electron chi connectivity index (χ0n) is 14.6. The SMILES string of the molecule is C[C@@H](NC(=O)C[NH+]1CCN(c2ncccn2)CC1)c1ccc(F)cc1F. The van der Waals surface area contributed by atoms with Crippen molar-refractivity contribution in [2.45, 2.75) is 13.0 Å². The molecule has 1 amide bonds. The minimum absolute atomic E-state index is 0.152. The first-order valence-corrected chi connectivity index (χ1v) is 8.63. The van der Waals surface area contributed by atoms with E-state index in [0.29, 0.717) is 12.5 Å². The molecule has 1 fully saturated rings. The van der Waals surface area contributed by atoms with Crippen LogP contribution in [-0.2, 0) is 4.79 Å². The van der Waals surface area contributed by atoms with Crippen molar-refractivity contribution < 1.29 is 18.5 Å². The van der Waals surface area contributed by atoms with Gasteiger partial charge in [0.2, 0.25) is 5.95 Å². The smallest absolute Gasteiger partial charge is 0.275 e. The van der Waals surface area contributed by atoms with Crippen LogP contribution < -0.4 is 15.1 Å². The molecule has 2 N–H and O–H groups in total. The predicted molar refractivity (Wildman–Crippen MR) is 92.7 cm³/mol. The number of piperazine rings is 1. The highest BCUT2D eigenvalue weighted by Crippen LogP contribution is 2.17. The monoisotopic (exact) mass is 362 g/mol. The second-order valence-electron chi connectivity index (χ2n) is 6.42. The number of quaternary nitrogens is 1. The molecule has 1 aromatic carbocycles. The van der Waals surface area contributed by atoms with Gasteiger partial charge in [-0.25, -0.2) is 18.7 Å². The van der Waals surface area contributed by atoms with Crippen LogP contribution in [0.25, 0.3) is 0 Å². The maximum Gasteiger partial charge on any atom is 0.275 e. The van der Waals surface area contributed by atoms with E-state index >= 15 is 0 Å². The molecular weight excluding hydrogens is 340 g/mol. The molecule has 6 nitrogen and oxygen atoms in total. The van der Waals surface area contributed by atoms with Crippen LogP contribution in [-0.4, -0.2) is 48.6 Å². The third-order valence-corrected chi connectivity index (χ3v) is 4.52. The van der Waals surface area contributed by atoms with E-state index in [-0.39, 0.29) is 11.5 Å². The summed E-state index contributed by atoms with van der Waals surface area (Å²) in [5.41, 5.74) is 0.279. The first-order chi connectivity index (χ1) is 12.5. The zero-order chi connectivity index (χ0) is 18.5. The molecule has 0 spiro atoms. The fourth-order valence-corrected chi connectivity index (χ4v) is 3.10. The number of anilines is 1. The highest BCUT2D eigenvalue weighted by Gasteiger charge is 2.24. The number of amides is 1. The van der Waals surface area contributed by atoms with E-state index in [9.17, 15) is 13.6 Å². The van der Waals surface area contributed by atoms with Gasteiger partial charge in [-0.2, -0.15) is 0 Å². The lowest BCUT2D eigenvalue weighted by atomic mass is 10.1. The van der Waals surface area contributed by atoms with Gasteiger partial charge in [0.25, 0.3) is 5.91 Å². The number of hydrogen-bond donors (Lipinski definition) is 2. The number of nitrogens with one attached hydrogen (secondary N) is 2. The Balaban J connectivity index is 1.48. The third-order valence-electron chi connectivity index (χ3n) is 4.52. The van der Waals surface area contributed by atoms with E-state index in [1.165, 1.54) is 12.1 Å². The number of halogens is 2. The van der Waals surface area contributed by atoms with E-state index in [1.807, 2.05) is 0 Å². The Morgan fingerprint density at radius 1 is 1.27 bits per heavy atom. The Morgan fingerprint density at radius 2 is 1.96 bits per heavy atom. The van der Waals surface area contributed by atoms with Gasteiger partial charge < -0.3 is 15.1 Å². The second-order valence-corrected chi connectivity index (χ2v) is 6.42. The van der Waals surface area contributed by atoms with Crippen molar-refractivity contribution in [1.29, 1.82) is 0 Å². The van der Waals surface area contributed by atoms with Crippen LogP contribution in [0.4, 0.5) is 14.7 Å². The van der Waals surface area contributed by atoms with Crippen molar-refractivity contribution >= 4 is 11.9 Å². The van der Waals surface area contributed by atoms with Crippen LogP contribution in [0.15, 0.2) is 36.7 Å². The lowest BCUT2D eigenvalue weighted by molar-refractivity contribution is -0.892. The standard InChI is InChI=1S/C18H21F2N5O/c1-13(15-4-3-14(19)11-16(15)20)23-17(26)12-24-7-9-25(10-8-24)18-21-5-2-6-22-18/h2-6,11,13H,7-10,12H2,1H3,(H,23,26)/p+1/t13-/m1/s1. The van der Waals surface area contributed by atoms with Gasteiger partial charge in [0, 0.05) is 24.0 Å². The second kappa shape index (κ2) is 8.18. The molecular formula is C18H22F2N5O+. The predicted octanol–water partition coefficient (Wildman–Crippen LogP) is 0.337. The molecule has 26 heavy (non-hydrogen) atoms. The van der Waals surface area contributed by atoms with Gasteiger partial charge in [-0.1, -0.05) is 6.07 Å². The van der Waals surface area contributed by atoms with E-state index in [2.05, 4.69) is 20.2 Å². The lowest BCUT2D eigenvalue weighted by Gasteiger charge is -2.31. The molecule has 138 valence electrons. The molecule has 1 atom stereocenters. The molecule has 1 saturated heterocycles. The number of aromatic nitrogens is 2. The Kier molecular flexibility index (Phi) is 5.72. The minimum atomic E-state index is -0.651. The molecule has 0 saturated carbocycles. The summed E-state index contributed by atoms with van der Waals surface area (Å²) >= 11 is 0. The zero-order valence-corrected chi connectivity index (χ0v) is 14.6. The van der Waals surface area contributed by atoms with Crippen LogP contribution in [0.1, 0.15) is 18.5 Å². The number of rotatable bonds is 5. The molecule has 3 rings (SSSR count). The minimum Gasteiger partial charge on any atom is -0.345 e. The Bertz CT molecular complexity index is 751. The summed E-state index contributed by atoms with van der Waals surface area (Å²) < 4.78 is 26.8. The third kappa shape index (κ3) is 4.51. The average molecular weight is 362 g/mol. The van der Waals surface area contributed by atoms with Gasteiger partial charge in [-0.3, -0.25) is 4.79 Å². The summed E-state index contributed by atoms with van der Waals surface area (Å²) in [5.74, 6) is -0.729. The van der Waals surface area contributed by atoms with Crippen molar-refractivity contribution in [2.75, 3.05) is 37.6 Å². The molecule has 1 aliphatic heterocycles. The van der Waals surface area contributed by atoms with Gasteiger partial charge in [-0.05, 0) is 19.1 Å². The highest BCUT2D eigenvalue weighted by molar-refractivity contribution is 5.77. The van der Waals surface area contributed by atoms with Crippen molar-refractivity contribution in [3.63, 3.8) is 0 Å². The van der Waals surface area contributed by atoms with Crippen molar-refractivity contribution in [2.24, 2.45) is 0 Å². The quantitative estimate of drug-likeness (QED) is 0.805. The first kappa shape index (κ1) is 18.2. The number of carbonyl (C=O) groups is 1. The van der Waals surface area contributed by atoms with Gasteiger partial charge in [-0.15, -0.1) is 0 Å². The van der Waals surface area contributed by atoms with Crippen LogP contribution in [0.2, 0.25) is 0 Å². The van der Waals surface area contributed by atoms with Crippen LogP contribution in [0, 0.1) is 11.6 Å². The van der Waals surface area contributed by atoms with Crippen LogP contribution >= 0.6 is 0 Å². The Hall–Kier alpha value is -2.61. The average Bonchev–Trinajstić information content (AvgIpc) is 2.63. The fraction of sp³-hybridized carbons (Fsp3) is 0.389. The van der Waals surface area contributed by atoms with E-state index in [4.69, 9.17) is 0 Å². The molecule has 0 aliphatic carbocycles. The first-order valence-electron chi connectivity index (χ1n) is 8.63. The van der Waals surface area contributed by atoms with Crippen LogP contribution in [0.5, 0.6) is 0 Å². The van der Waals surface area contributed by atoms with Crippen molar-refractivity contribution in [3.8, 4) is 0 Å². The van der Waals surface area contributed by atoms with E-state index in [0.717, 1.165) is 37.1 Å². The highest BCUT2D eigenvalue weighted by atomic mass is 19.1. The number of nitrogens with zero attached hydrogens (tertiary/aromatic N) is 3. The number of carbonyl (C=O) groups excluding carboxylic acids is 1. The van der Waals surface area contributed by atoms with Crippen LogP contribution in [0.3, 0.4) is 0 Å². The van der Waals surface area contributed by atoms with Gasteiger partial charge in [0.05, 0.1) is 32.2 Å². The number of benzene rings is 1. The van der Waals surface area contributed by atoms with Gasteiger partial charge >= 0.3 is 0 Å². The van der Waals surface area contributed by atoms with Gasteiger partial charge in [0.15, 0.2) is 6.54 Å². The van der Waals surface area contributed by atoms with Gasteiger partial charge in [0.1, 0.15) is 11.6 Å². The lowest BCUT2D eigenvalue weighted by Crippen LogP contribution is -3.16. The molecule has 0 bridgehead atoms. The topological polar surface area (TPSA) is 62.6 Å². The maximum atomic E-state index is 13.8.